The molecule has 7 heteroatoms. The fourth-order valence-corrected chi connectivity index (χ4v) is 1.83. The smallest absolute Gasteiger partial charge is 0.262 e. The molecule has 0 spiro atoms. The quantitative estimate of drug-likeness (QED) is 0.788. The molecule has 0 aliphatic rings. The predicted octanol–water partition coefficient (Wildman–Crippen LogP) is 2.79. The van der Waals surface area contributed by atoms with E-state index in [4.69, 9.17) is 13.5 Å². The zero-order valence-electron chi connectivity index (χ0n) is 10.8. The van der Waals surface area contributed by atoms with Gasteiger partial charge in [0.1, 0.15) is 17.1 Å². The highest BCUT2D eigenvalue weighted by atomic mass is 16.5. The van der Waals surface area contributed by atoms with Gasteiger partial charge in [-0.15, -0.1) is 0 Å². The first kappa shape index (κ1) is 12.2. The fraction of sp³-hybridized carbons (Fsp3) is 0.154. The van der Waals surface area contributed by atoms with Gasteiger partial charge in [0, 0.05) is 6.07 Å². The Morgan fingerprint density at radius 3 is 2.75 bits per heavy atom. The third-order valence-electron chi connectivity index (χ3n) is 2.71. The molecule has 0 aromatic carbocycles. The van der Waals surface area contributed by atoms with Gasteiger partial charge in [-0.2, -0.15) is 0 Å². The van der Waals surface area contributed by atoms with Crippen molar-refractivity contribution >= 4 is 11.7 Å². The van der Waals surface area contributed by atoms with Gasteiger partial charge in [0.15, 0.2) is 17.3 Å². The molecule has 7 nitrogen and oxygen atoms in total. The van der Waals surface area contributed by atoms with Crippen molar-refractivity contribution in [3.8, 4) is 11.5 Å². The molecule has 3 aromatic rings. The molecule has 3 heterocycles. The first-order valence-corrected chi connectivity index (χ1v) is 5.90. The number of hydrogen-bond acceptors (Lipinski definition) is 6. The van der Waals surface area contributed by atoms with E-state index in [1.165, 1.54) is 6.26 Å². The third kappa shape index (κ3) is 2.09. The molecule has 0 aliphatic heterocycles. The van der Waals surface area contributed by atoms with Crippen molar-refractivity contribution in [1.29, 1.82) is 0 Å². The van der Waals surface area contributed by atoms with Gasteiger partial charge >= 0.3 is 0 Å². The largest absolute Gasteiger partial charge is 0.463 e. The van der Waals surface area contributed by atoms with E-state index in [1.807, 2.05) is 0 Å². The Morgan fingerprint density at radius 2 is 2.10 bits per heavy atom. The van der Waals surface area contributed by atoms with E-state index in [2.05, 4.69) is 15.6 Å². The van der Waals surface area contributed by atoms with Crippen LogP contribution < -0.4 is 5.32 Å². The van der Waals surface area contributed by atoms with Crippen LogP contribution in [0.2, 0.25) is 0 Å². The van der Waals surface area contributed by atoms with E-state index < -0.39 is 0 Å². The molecular weight excluding hydrogens is 262 g/mol. The molecule has 0 bridgehead atoms. The van der Waals surface area contributed by atoms with Gasteiger partial charge in [0.05, 0.1) is 6.26 Å². The summed E-state index contributed by atoms with van der Waals surface area (Å²) in [5.74, 6) is 1.41. The lowest BCUT2D eigenvalue weighted by atomic mass is 10.1. The fourth-order valence-electron chi connectivity index (χ4n) is 1.83. The van der Waals surface area contributed by atoms with Crippen LogP contribution in [-0.2, 0) is 0 Å². The summed E-state index contributed by atoms with van der Waals surface area (Å²) in [5, 5.41) is 10.2. The van der Waals surface area contributed by atoms with Crippen molar-refractivity contribution in [3.05, 3.63) is 41.5 Å². The Hall–Kier alpha value is -2.83. The van der Waals surface area contributed by atoms with Crippen molar-refractivity contribution in [3.63, 3.8) is 0 Å². The van der Waals surface area contributed by atoms with E-state index >= 15 is 0 Å². The lowest BCUT2D eigenvalue weighted by Crippen LogP contribution is -2.13. The second-order valence-electron chi connectivity index (χ2n) is 4.22. The maximum Gasteiger partial charge on any atom is 0.262 e. The zero-order valence-corrected chi connectivity index (χ0v) is 10.8. The summed E-state index contributed by atoms with van der Waals surface area (Å²) in [6.45, 7) is 3.39. The minimum atomic E-state index is -0.386. The maximum absolute atomic E-state index is 12.3. The number of carbonyl (C=O) groups is 1. The molecule has 0 fully saturated rings. The standard InChI is InChI=1S/C13H11N3O4/c1-7-6-10(15-19-7)14-13(17)11-8(2)20-16-12(11)9-4-3-5-18-9/h3-6H,1-2H3,(H,14,15,17). The van der Waals surface area contributed by atoms with Crippen LogP contribution in [0.25, 0.3) is 11.5 Å². The monoisotopic (exact) mass is 273 g/mol. The van der Waals surface area contributed by atoms with Gasteiger partial charge in [-0.25, -0.2) is 0 Å². The highest BCUT2D eigenvalue weighted by Crippen LogP contribution is 2.26. The van der Waals surface area contributed by atoms with Crippen LogP contribution in [0.3, 0.4) is 0 Å². The Balaban J connectivity index is 1.93. The second kappa shape index (κ2) is 4.69. The number of furan rings is 1. The number of amides is 1. The highest BCUT2D eigenvalue weighted by Gasteiger charge is 2.23. The maximum atomic E-state index is 12.3. The van der Waals surface area contributed by atoms with Crippen LogP contribution in [0.1, 0.15) is 21.9 Å². The molecule has 0 aliphatic carbocycles. The molecular formula is C13H11N3O4. The summed E-state index contributed by atoms with van der Waals surface area (Å²) < 4.78 is 15.2. The van der Waals surface area contributed by atoms with Gasteiger partial charge in [-0.3, -0.25) is 4.79 Å². The van der Waals surface area contributed by atoms with Crippen molar-refractivity contribution in [2.75, 3.05) is 5.32 Å². The van der Waals surface area contributed by atoms with Crippen molar-refractivity contribution < 1.29 is 18.3 Å². The lowest BCUT2D eigenvalue weighted by Gasteiger charge is -2.00. The molecule has 0 saturated carbocycles. The first-order chi connectivity index (χ1) is 9.65. The van der Waals surface area contributed by atoms with E-state index in [0.29, 0.717) is 34.4 Å². The highest BCUT2D eigenvalue weighted by molar-refractivity contribution is 6.08. The number of anilines is 1. The van der Waals surface area contributed by atoms with Crippen LogP contribution in [-0.4, -0.2) is 16.2 Å². The van der Waals surface area contributed by atoms with E-state index in [0.717, 1.165) is 0 Å². The summed E-state index contributed by atoms with van der Waals surface area (Å²) in [5.41, 5.74) is 0.658. The van der Waals surface area contributed by atoms with Crippen LogP contribution in [0.5, 0.6) is 0 Å². The Kier molecular flexibility index (Phi) is 2.86. The number of carbonyl (C=O) groups excluding carboxylic acids is 1. The molecule has 3 rings (SSSR count). The second-order valence-corrected chi connectivity index (χ2v) is 4.22. The SMILES string of the molecule is Cc1cc(NC(=O)c2c(-c3ccco3)noc2C)no1. The molecule has 0 saturated heterocycles. The number of aryl methyl sites for hydroxylation is 2. The van der Waals surface area contributed by atoms with Gasteiger partial charge in [0.2, 0.25) is 0 Å². The molecule has 1 amide bonds. The van der Waals surface area contributed by atoms with Crippen molar-refractivity contribution in [2.45, 2.75) is 13.8 Å². The topological polar surface area (TPSA) is 94.3 Å². The van der Waals surface area contributed by atoms with Gasteiger partial charge in [-0.05, 0) is 26.0 Å². The number of hydrogen-bond donors (Lipinski definition) is 1. The van der Waals surface area contributed by atoms with Crippen LogP contribution in [0, 0.1) is 13.8 Å². The average Bonchev–Trinajstić information content (AvgIpc) is 3.10. The molecule has 0 unspecified atom stereocenters. The molecule has 20 heavy (non-hydrogen) atoms. The molecule has 3 aromatic heterocycles. The van der Waals surface area contributed by atoms with Crippen molar-refractivity contribution in [2.24, 2.45) is 0 Å². The Labute approximate surface area is 113 Å². The van der Waals surface area contributed by atoms with E-state index in [9.17, 15) is 4.79 Å². The third-order valence-corrected chi connectivity index (χ3v) is 2.71. The van der Waals surface area contributed by atoms with Gasteiger partial charge in [0.25, 0.3) is 5.91 Å². The molecule has 102 valence electrons. The lowest BCUT2D eigenvalue weighted by molar-refractivity contribution is 0.102. The zero-order chi connectivity index (χ0) is 14.1. The Morgan fingerprint density at radius 1 is 1.25 bits per heavy atom. The summed E-state index contributed by atoms with van der Waals surface area (Å²) in [4.78, 5) is 12.3. The normalized spacial score (nSPS) is 10.7. The summed E-state index contributed by atoms with van der Waals surface area (Å²) in [6, 6.07) is 5.03. The first-order valence-electron chi connectivity index (χ1n) is 5.90. The average molecular weight is 273 g/mol. The summed E-state index contributed by atoms with van der Waals surface area (Å²) >= 11 is 0. The molecule has 1 N–H and O–H groups in total. The minimum absolute atomic E-state index is 0.306. The van der Waals surface area contributed by atoms with Crippen LogP contribution in [0.15, 0.2) is 37.9 Å². The predicted molar refractivity (Wildman–Crippen MR) is 68.1 cm³/mol. The van der Waals surface area contributed by atoms with Gasteiger partial charge < -0.3 is 18.8 Å². The van der Waals surface area contributed by atoms with E-state index in [1.54, 1.807) is 32.0 Å². The summed E-state index contributed by atoms with van der Waals surface area (Å²) in [7, 11) is 0. The van der Waals surface area contributed by atoms with Gasteiger partial charge in [-0.1, -0.05) is 10.3 Å². The Bertz CT molecular complexity index is 740. The van der Waals surface area contributed by atoms with Crippen LogP contribution in [0.4, 0.5) is 5.82 Å². The molecule has 0 atom stereocenters. The number of nitrogens with one attached hydrogen (secondary N) is 1. The number of aromatic nitrogens is 2. The van der Waals surface area contributed by atoms with E-state index in [-0.39, 0.29) is 5.91 Å². The number of nitrogens with zero attached hydrogens (tertiary/aromatic N) is 2. The van der Waals surface area contributed by atoms with Crippen LogP contribution >= 0.6 is 0 Å². The molecule has 0 radical (unpaired) electrons. The number of rotatable bonds is 3. The minimum Gasteiger partial charge on any atom is -0.463 e. The summed E-state index contributed by atoms with van der Waals surface area (Å²) in [6.07, 6.45) is 1.50. The van der Waals surface area contributed by atoms with Crippen molar-refractivity contribution in [1.82, 2.24) is 10.3 Å².